The number of thioether (sulfide) groups is 1. The fourth-order valence-corrected chi connectivity index (χ4v) is 3.95. The Balaban J connectivity index is 2.03. The first-order chi connectivity index (χ1) is 9.35. The molecule has 0 spiro atoms. The van der Waals surface area contributed by atoms with Crippen LogP contribution in [0.25, 0.3) is 0 Å². The van der Waals surface area contributed by atoms with Crippen molar-refractivity contribution in [3.63, 3.8) is 0 Å². The molecule has 1 aromatic rings. The van der Waals surface area contributed by atoms with Crippen LogP contribution in [0.5, 0.6) is 0 Å². The lowest BCUT2D eigenvalue weighted by Crippen LogP contribution is -2.35. The van der Waals surface area contributed by atoms with E-state index in [4.69, 9.17) is 0 Å². The Morgan fingerprint density at radius 2 is 2.15 bits per heavy atom. The molecule has 1 fully saturated rings. The normalized spacial score (nSPS) is 21.3. The van der Waals surface area contributed by atoms with Crippen LogP contribution in [0.4, 0.5) is 11.4 Å². The summed E-state index contributed by atoms with van der Waals surface area (Å²) in [6.07, 6.45) is 1.20. The quantitative estimate of drug-likeness (QED) is 0.888. The van der Waals surface area contributed by atoms with Gasteiger partial charge >= 0.3 is 0 Å². The average Bonchev–Trinajstić information content (AvgIpc) is 2.31. The first-order valence-corrected chi connectivity index (χ1v) is 8.24. The smallest absolute Gasteiger partial charge is 0.221 e. The molecule has 3 nitrogen and oxygen atoms in total. The molecular weight excluding hydrogens is 268 g/mol. The number of hydrogen-bond acceptors (Lipinski definition) is 3. The van der Waals surface area contributed by atoms with Crippen LogP contribution in [-0.2, 0) is 4.79 Å². The highest BCUT2D eigenvalue weighted by Crippen LogP contribution is 2.35. The molecule has 4 heteroatoms. The molecule has 20 heavy (non-hydrogen) atoms. The highest BCUT2D eigenvalue weighted by molar-refractivity contribution is 7.99. The summed E-state index contributed by atoms with van der Waals surface area (Å²) in [6, 6.07) is 6.65. The van der Waals surface area contributed by atoms with Gasteiger partial charge in [0.2, 0.25) is 5.91 Å². The Kier molecular flexibility index (Phi) is 4.63. The molecule has 1 aliphatic heterocycles. The fourth-order valence-electron chi connectivity index (χ4n) is 2.67. The maximum Gasteiger partial charge on any atom is 0.221 e. The maximum atomic E-state index is 11.1. The molecule has 0 radical (unpaired) electrons. The molecular formula is C16H24N2OS. The summed E-state index contributed by atoms with van der Waals surface area (Å²) in [5.74, 6) is 2.38. The van der Waals surface area contributed by atoms with Gasteiger partial charge in [-0.1, -0.05) is 13.8 Å². The summed E-state index contributed by atoms with van der Waals surface area (Å²) < 4.78 is 0. The van der Waals surface area contributed by atoms with Gasteiger partial charge in [-0.25, -0.2) is 0 Å². The van der Waals surface area contributed by atoms with Crippen molar-refractivity contribution in [2.24, 2.45) is 5.41 Å². The van der Waals surface area contributed by atoms with Gasteiger partial charge in [-0.3, -0.25) is 4.79 Å². The minimum atomic E-state index is -0.0285. The van der Waals surface area contributed by atoms with Gasteiger partial charge < -0.3 is 10.6 Å². The van der Waals surface area contributed by atoms with Crippen molar-refractivity contribution in [2.45, 2.75) is 40.2 Å². The van der Waals surface area contributed by atoms with E-state index in [2.05, 4.69) is 30.5 Å². The van der Waals surface area contributed by atoms with Gasteiger partial charge in [0.1, 0.15) is 0 Å². The molecule has 1 aromatic carbocycles. The van der Waals surface area contributed by atoms with Crippen molar-refractivity contribution >= 4 is 29.0 Å². The third-order valence-electron chi connectivity index (χ3n) is 3.52. The molecule has 0 aliphatic carbocycles. The molecule has 1 unspecified atom stereocenters. The largest absolute Gasteiger partial charge is 0.381 e. The Labute approximate surface area is 125 Å². The van der Waals surface area contributed by atoms with Crippen LogP contribution >= 0.6 is 11.8 Å². The van der Waals surface area contributed by atoms with E-state index < -0.39 is 0 Å². The molecule has 1 heterocycles. The zero-order chi connectivity index (χ0) is 14.8. The number of aryl methyl sites for hydroxylation is 1. The van der Waals surface area contributed by atoms with E-state index in [1.54, 1.807) is 0 Å². The number of anilines is 2. The lowest BCUT2D eigenvalue weighted by Gasteiger charge is -2.35. The Morgan fingerprint density at radius 1 is 1.40 bits per heavy atom. The van der Waals surface area contributed by atoms with Gasteiger partial charge in [-0.15, -0.1) is 0 Å². The standard InChI is InChI=1S/C16H24N2OS/c1-11-7-13(5-6-15(11)17-12(2)19)18-14-8-16(3,4)10-20-9-14/h5-7,14,18H,8-10H2,1-4H3,(H,17,19). The predicted molar refractivity (Wildman–Crippen MR) is 88.6 cm³/mol. The summed E-state index contributed by atoms with van der Waals surface area (Å²) in [6.45, 7) is 8.22. The van der Waals surface area contributed by atoms with Crippen molar-refractivity contribution in [3.8, 4) is 0 Å². The summed E-state index contributed by atoms with van der Waals surface area (Å²) in [5.41, 5.74) is 3.53. The Bertz CT molecular complexity index is 499. The van der Waals surface area contributed by atoms with E-state index in [1.165, 1.54) is 19.1 Å². The van der Waals surface area contributed by atoms with E-state index in [0.29, 0.717) is 11.5 Å². The molecule has 2 rings (SSSR count). The zero-order valence-corrected chi connectivity index (χ0v) is 13.6. The van der Waals surface area contributed by atoms with Crippen LogP contribution < -0.4 is 10.6 Å². The zero-order valence-electron chi connectivity index (χ0n) is 12.7. The van der Waals surface area contributed by atoms with Crippen molar-refractivity contribution in [1.82, 2.24) is 0 Å². The highest BCUT2D eigenvalue weighted by atomic mass is 32.2. The van der Waals surface area contributed by atoms with Gasteiger partial charge in [-0.2, -0.15) is 11.8 Å². The van der Waals surface area contributed by atoms with Crippen LogP contribution in [0.3, 0.4) is 0 Å². The van der Waals surface area contributed by atoms with E-state index in [-0.39, 0.29) is 5.91 Å². The second-order valence-corrected chi connectivity index (χ2v) is 7.47. The third kappa shape index (κ3) is 4.17. The van der Waals surface area contributed by atoms with Crippen molar-refractivity contribution in [3.05, 3.63) is 23.8 Å². The molecule has 0 saturated carbocycles. The minimum absolute atomic E-state index is 0.0285. The summed E-state index contributed by atoms with van der Waals surface area (Å²) in [5, 5.41) is 6.47. The van der Waals surface area contributed by atoms with Crippen LogP contribution in [0.15, 0.2) is 18.2 Å². The Morgan fingerprint density at radius 3 is 2.75 bits per heavy atom. The molecule has 1 atom stereocenters. The van der Waals surface area contributed by atoms with Crippen LogP contribution in [0.1, 0.15) is 32.8 Å². The number of nitrogens with one attached hydrogen (secondary N) is 2. The van der Waals surface area contributed by atoms with Crippen molar-refractivity contribution < 1.29 is 4.79 Å². The van der Waals surface area contributed by atoms with E-state index in [9.17, 15) is 4.79 Å². The van der Waals surface area contributed by atoms with Crippen molar-refractivity contribution in [2.75, 3.05) is 22.1 Å². The predicted octanol–water partition coefficient (Wildman–Crippen LogP) is 3.90. The van der Waals surface area contributed by atoms with Crippen LogP contribution in [0.2, 0.25) is 0 Å². The molecule has 110 valence electrons. The first kappa shape index (κ1) is 15.2. The molecule has 2 N–H and O–H groups in total. The number of benzene rings is 1. The molecule has 1 aliphatic rings. The van der Waals surface area contributed by atoms with Gasteiger partial charge in [0.05, 0.1) is 0 Å². The summed E-state index contributed by atoms with van der Waals surface area (Å²) in [4.78, 5) is 11.1. The highest BCUT2D eigenvalue weighted by Gasteiger charge is 2.28. The van der Waals surface area contributed by atoms with E-state index in [1.807, 2.05) is 30.8 Å². The van der Waals surface area contributed by atoms with Crippen LogP contribution in [-0.4, -0.2) is 23.5 Å². The van der Waals surface area contributed by atoms with Crippen LogP contribution in [0, 0.1) is 12.3 Å². The van der Waals surface area contributed by atoms with Gasteiger partial charge in [0.15, 0.2) is 0 Å². The third-order valence-corrected chi connectivity index (χ3v) is 5.14. The second-order valence-electron chi connectivity index (χ2n) is 6.44. The second kappa shape index (κ2) is 6.08. The SMILES string of the molecule is CC(=O)Nc1ccc(NC2CSCC(C)(C)C2)cc1C. The molecule has 1 amide bonds. The number of carbonyl (C=O) groups is 1. The van der Waals surface area contributed by atoms with E-state index >= 15 is 0 Å². The average molecular weight is 292 g/mol. The fraction of sp³-hybridized carbons (Fsp3) is 0.562. The molecule has 0 aromatic heterocycles. The summed E-state index contributed by atoms with van der Waals surface area (Å²) in [7, 11) is 0. The Hall–Kier alpha value is -1.16. The molecule has 1 saturated heterocycles. The summed E-state index contributed by atoms with van der Waals surface area (Å²) >= 11 is 2.03. The molecule has 0 bridgehead atoms. The van der Waals surface area contributed by atoms with Gasteiger partial charge in [-0.05, 0) is 48.3 Å². The lowest BCUT2D eigenvalue weighted by molar-refractivity contribution is -0.114. The van der Waals surface area contributed by atoms with Gasteiger partial charge in [0.25, 0.3) is 0 Å². The maximum absolute atomic E-state index is 11.1. The minimum Gasteiger partial charge on any atom is -0.381 e. The number of carbonyl (C=O) groups excluding carboxylic acids is 1. The topological polar surface area (TPSA) is 41.1 Å². The van der Waals surface area contributed by atoms with Gasteiger partial charge in [0, 0.05) is 30.1 Å². The number of rotatable bonds is 3. The number of hydrogen-bond donors (Lipinski definition) is 2. The van der Waals surface area contributed by atoms with Crippen molar-refractivity contribution in [1.29, 1.82) is 0 Å². The van der Waals surface area contributed by atoms with E-state index in [0.717, 1.165) is 22.7 Å². The lowest BCUT2D eigenvalue weighted by atomic mass is 9.88. The number of amides is 1. The monoisotopic (exact) mass is 292 g/mol. The first-order valence-electron chi connectivity index (χ1n) is 7.08.